The minimum atomic E-state index is -0.217. The van der Waals surface area contributed by atoms with E-state index in [-0.39, 0.29) is 10.9 Å². The summed E-state index contributed by atoms with van der Waals surface area (Å²) >= 11 is 4.69. The molecule has 0 amide bonds. The molecule has 0 bridgehead atoms. The van der Waals surface area contributed by atoms with Crippen molar-refractivity contribution in [3.05, 3.63) is 29.1 Å². The number of halogens is 1. The Morgan fingerprint density at radius 1 is 1.38 bits per heavy atom. The maximum absolute atomic E-state index is 13.0. The summed E-state index contributed by atoms with van der Waals surface area (Å²) in [5.41, 5.74) is 7.50. The molecule has 0 heterocycles. The van der Waals surface area contributed by atoms with E-state index in [4.69, 9.17) is 5.73 Å². The molecule has 0 fully saturated rings. The van der Waals surface area contributed by atoms with Crippen LogP contribution in [-0.2, 0) is 0 Å². The van der Waals surface area contributed by atoms with Gasteiger partial charge in [-0.1, -0.05) is 0 Å². The van der Waals surface area contributed by atoms with E-state index in [2.05, 4.69) is 17.5 Å². The van der Waals surface area contributed by atoms with Gasteiger partial charge >= 0.3 is 0 Å². The molecular weight excluding hydrogens is 187 g/mol. The number of nitrogens with two attached hydrogens (primary N) is 1. The Labute approximate surface area is 81.9 Å². The van der Waals surface area contributed by atoms with E-state index in [9.17, 15) is 4.39 Å². The molecule has 0 aliphatic heterocycles. The lowest BCUT2D eigenvalue weighted by Crippen LogP contribution is -2.19. The summed E-state index contributed by atoms with van der Waals surface area (Å²) in [5.74, 6) is -0.217. The Morgan fingerprint density at radius 2 is 2.00 bits per heavy atom. The lowest BCUT2D eigenvalue weighted by atomic mass is 10.1. The van der Waals surface area contributed by atoms with Crippen LogP contribution < -0.4 is 11.1 Å². The van der Waals surface area contributed by atoms with Crippen LogP contribution in [0.4, 0.5) is 10.1 Å². The van der Waals surface area contributed by atoms with Crippen molar-refractivity contribution in [1.82, 2.24) is 0 Å². The van der Waals surface area contributed by atoms with Gasteiger partial charge in [-0.15, -0.1) is 0 Å². The fraction of sp³-hybridized carbons (Fsp3) is 0.222. The number of anilines is 1. The molecule has 0 aliphatic carbocycles. The SMILES string of the molecule is Cc1c(F)ccc(NC(N)=S)c1C. The summed E-state index contributed by atoms with van der Waals surface area (Å²) in [7, 11) is 0. The molecule has 0 aromatic heterocycles. The van der Waals surface area contributed by atoms with Crippen molar-refractivity contribution < 1.29 is 4.39 Å². The zero-order valence-electron chi connectivity index (χ0n) is 7.52. The number of thiocarbonyl (C=S) groups is 1. The van der Waals surface area contributed by atoms with Gasteiger partial charge in [-0.2, -0.15) is 0 Å². The molecule has 0 radical (unpaired) electrons. The number of nitrogens with one attached hydrogen (secondary N) is 1. The van der Waals surface area contributed by atoms with Crippen LogP contribution in [0, 0.1) is 19.7 Å². The van der Waals surface area contributed by atoms with Gasteiger partial charge in [-0.25, -0.2) is 4.39 Å². The largest absolute Gasteiger partial charge is 0.376 e. The average Bonchev–Trinajstić information content (AvgIpc) is 2.06. The molecule has 4 heteroatoms. The van der Waals surface area contributed by atoms with Crippen molar-refractivity contribution in [3.63, 3.8) is 0 Å². The van der Waals surface area contributed by atoms with Gasteiger partial charge in [0.05, 0.1) is 0 Å². The van der Waals surface area contributed by atoms with Crippen molar-refractivity contribution in [1.29, 1.82) is 0 Å². The molecule has 0 saturated carbocycles. The highest BCUT2D eigenvalue weighted by atomic mass is 32.1. The highest BCUT2D eigenvalue weighted by molar-refractivity contribution is 7.80. The van der Waals surface area contributed by atoms with E-state index in [1.165, 1.54) is 6.07 Å². The van der Waals surface area contributed by atoms with Crippen LogP contribution in [0.1, 0.15) is 11.1 Å². The molecule has 70 valence electrons. The Bertz CT molecular complexity index is 350. The van der Waals surface area contributed by atoms with Gasteiger partial charge in [0.1, 0.15) is 5.82 Å². The summed E-state index contributed by atoms with van der Waals surface area (Å²) in [4.78, 5) is 0. The van der Waals surface area contributed by atoms with Crippen LogP contribution in [0.25, 0.3) is 0 Å². The number of rotatable bonds is 1. The molecule has 0 saturated heterocycles. The Balaban J connectivity index is 3.10. The van der Waals surface area contributed by atoms with Crippen LogP contribution in [0.15, 0.2) is 12.1 Å². The van der Waals surface area contributed by atoms with Crippen molar-refractivity contribution in [2.75, 3.05) is 5.32 Å². The van der Waals surface area contributed by atoms with Crippen LogP contribution >= 0.6 is 12.2 Å². The minimum absolute atomic E-state index is 0.189. The van der Waals surface area contributed by atoms with E-state index in [1.54, 1.807) is 13.0 Å². The van der Waals surface area contributed by atoms with Gasteiger partial charge in [-0.3, -0.25) is 0 Å². The first kappa shape index (κ1) is 9.92. The first-order valence-electron chi connectivity index (χ1n) is 3.84. The first-order valence-corrected chi connectivity index (χ1v) is 4.25. The summed E-state index contributed by atoms with van der Waals surface area (Å²) in [5, 5.41) is 2.97. The van der Waals surface area contributed by atoms with E-state index in [1.807, 2.05) is 6.92 Å². The van der Waals surface area contributed by atoms with E-state index in [0.717, 1.165) is 11.3 Å². The van der Waals surface area contributed by atoms with Gasteiger partial charge in [0.25, 0.3) is 0 Å². The third-order valence-corrected chi connectivity index (χ3v) is 2.08. The van der Waals surface area contributed by atoms with Gasteiger partial charge in [0.2, 0.25) is 0 Å². The van der Waals surface area contributed by atoms with E-state index < -0.39 is 0 Å². The molecule has 2 nitrogen and oxygen atoms in total. The second kappa shape index (κ2) is 3.70. The van der Waals surface area contributed by atoms with Crippen molar-refractivity contribution >= 4 is 23.0 Å². The highest BCUT2D eigenvalue weighted by Gasteiger charge is 2.05. The fourth-order valence-corrected chi connectivity index (χ4v) is 1.17. The van der Waals surface area contributed by atoms with Gasteiger partial charge in [0, 0.05) is 5.69 Å². The van der Waals surface area contributed by atoms with Crippen LogP contribution in [0.2, 0.25) is 0 Å². The second-order valence-corrected chi connectivity index (χ2v) is 3.27. The molecule has 3 N–H and O–H groups in total. The molecule has 13 heavy (non-hydrogen) atoms. The number of hydrogen-bond acceptors (Lipinski definition) is 1. The van der Waals surface area contributed by atoms with Crippen molar-refractivity contribution in [2.24, 2.45) is 5.73 Å². The fourth-order valence-electron chi connectivity index (χ4n) is 1.06. The smallest absolute Gasteiger partial charge is 0.168 e. The minimum Gasteiger partial charge on any atom is -0.376 e. The molecule has 0 atom stereocenters. The monoisotopic (exact) mass is 198 g/mol. The molecule has 1 aromatic rings. The quantitative estimate of drug-likeness (QED) is 0.679. The molecule has 1 rings (SSSR count). The molecule has 0 unspecified atom stereocenters. The summed E-state index contributed by atoms with van der Waals surface area (Å²) in [6.07, 6.45) is 0. The summed E-state index contributed by atoms with van der Waals surface area (Å²) in [6.45, 7) is 3.54. The van der Waals surface area contributed by atoms with Crippen LogP contribution in [0.3, 0.4) is 0 Å². The number of benzene rings is 1. The lowest BCUT2D eigenvalue weighted by Gasteiger charge is -2.10. The standard InChI is InChI=1S/C9H11FN2S/c1-5-6(2)8(12-9(11)13)4-3-7(5)10/h3-4H,1-2H3,(H3,11,12,13). The highest BCUT2D eigenvalue weighted by Crippen LogP contribution is 2.20. The zero-order valence-corrected chi connectivity index (χ0v) is 8.33. The predicted octanol–water partition coefficient (Wildman–Crippen LogP) is 2.10. The Kier molecular flexibility index (Phi) is 2.83. The topological polar surface area (TPSA) is 38.0 Å². The Hall–Kier alpha value is -1.16. The molecule has 0 spiro atoms. The predicted molar refractivity (Wildman–Crippen MR) is 56.3 cm³/mol. The molecular formula is C9H11FN2S. The number of hydrogen-bond donors (Lipinski definition) is 2. The summed E-state index contributed by atoms with van der Waals surface area (Å²) < 4.78 is 13.0. The van der Waals surface area contributed by atoms with E-state index in [0.29, 0.717) is 5.56 Å². The van der Waals surface area contributed by atoms with Gasteiger partial charge < -0.3 is 11.1 Å². The van der Waals surface area contributed by atoms with E-state index >= 15 is 0 Å². The van der Waals surface area contributed by atoms with Crippen molar-refractivity contribution in [2.45, 2.75) is 13.8 Å². The maximum atomic E-state index is 13.0. The molecule has 1 aromatic carbocycles. The van der Waals surface area contributed by atoms with Gasteiger partial charge in [-0.05, 0) is 49.3 Å². The Morgan fingerprint density at radius 3 is 2.54 bits per heavy atom. The molecule has 0 aliphatic rings. The van der Waals surface area contributed by atoms with Crippen LogP contribution in [-0.4, -0.2) is 5.11 Å². The third-order valence-electron chi connectivity index (χ3n) is 1.98. The normalized spacial score (nSPS) is 9.77. The average molecular weight is 198 g/mol. The lowest BCUT2D eigenvalue weighted by molar-refractivity contribution is 0.617. The van der Waals surface area contributed by atoms with Gasteiger partial charge in [0.15, 0.2) is 5.11 Å². The third kappa shape index (κ3) is 2.15. The van der Waals surface area contributed by atoms with Crippen LogP contribution in [0.5, 0.6) is 0 Å². The summed E-state index contributed by atoms with van der Waals surface area (Å²) in [6, 6.07) is 3.01. The second-order valence-electron chi connectivity index (χ2n) is 2.83. The maximum Gasteiger partial charge on any atom is 0.168 e. The zero-order chi connectivity index (χ0) is 10.0. The van der Waals surface area contributed by atoms with Crippen molar-refractivity contribution in [3.8, 4) is 0 Å². The first-order chi connectivity index (χ1) is 6.02.